The van der Waals surface area contributed by atoms with E-state index in [-0.39, 0.29) is 17.2 Å². The molecular weight excluding hydrogens is 340 g/mol. The molecule has 2 amide bonds. The summed E-state index contributed by atoms with van der Waals surface area (Å²) in [6.45, 7) is 0. The number of nitrogens with zero attached hydrogens (tertiary/aromatic N) is 1. The molecule has 0 aliphatic heterocycles. The number of hydrogen-bond acceptors (Lipinski definition) is 5. The molecule has 8 heteroatoms. The number of carboxylic acid groups (broad SMARTS) is 1. The van der Waals surface area contributed by atoms with Crippen LogP contribution in [0.4, 0.5) is 5.69 Å². The van der Waals surface area contributed by atoms with Crippen molar-refractivity contribution >= 4 is 23.5 Å². The number of benzene rings is 2. The Labute approximate surface area is 149 Å². The Balaban J connectivity index is 2.09. The lowest BCUT2D eigenvalue weighted by molar-refractivity contribution is -0.139. The van der Waals surface area contributed by atoms with E-state index >= 15 is 0 Å². The predicted molar refractivity (Wildman–Crippen MR) is 93.5 cm³/mol. The average molecular weight is 358 g/mol. The fraction of sp³-hybridized carbons (Fsp3) is 0.167. The van der Waals surface area contributed by atoms with Crippen LogP contribution in [0.5, 0.6) is 17.2 Å². The number of phenols is 1. The second-order valence-corrected chi connectivity index (χ2v) is 5.62. The molecule has 0 aromatic heterocycles. The summed E-state index contributed by atoms with van der Waals surface area (Å²) in [6, 6.07) is 10.6. The van der Waals surface area contributed by atoms with Crippen molar-refractivity contribution in [2.75, 3.05) is 19.4 Å². The molecule has 3 N–H and O–H groups in total. The molecule has 8 nitrogen and oxygen atoms in total. The second-order valence-electron chi connectivity index (χ2n) is 5.62. The number of aromatic hydroxyl groups is 1. The maximum absolute atomic E-state index is 12.0. The van der Waals surface area contributed by atoms with E-state index in [0.29, 0.717) is 17.2 Å². The van der Waals surface area contributed by atoms with E-state index < -0.39 is 18.3 Å². The molecule has 0 spiro atoms. The number of carboxylic acids is 1. The van der Waals surface area contributed by atoms with Crippen molar-refractivity contribution in [1.29, 1.82) is 0 Å². The first-order valence-electron chi connectivity index (χ1n) is 7.60. The van der Waals surface area contributed by atoms with E-state index in [1.165, 1.54) is 23.1 Å². The lowest BCUT2D eigenvalue weighted by atomic mass is 10.1. The maximum Gasteiger partial charge on any atom is 0.312 e. The van der Waals surface area contributed by atoms with Gasteiger partial charge < -0.3 is 25.2 Å². The molecule has 0 aliphatic rings. The monoisotopic (exact) mass is 358 g/mol. The Bertz CT molecular complexity index is 830. The number of amides is 2. The fourth-order valence-corrected chi connectivity index (χ4v) is 2.08. The summed E-state index contributed by atoms with van der Waals surface area (Å²) in [7, 11) is 3.15. The van der Waals surface area contributed by atoms with Crippen molar-refractivity contribution in [2.24, 2.45) is 0 Å². The third-order valence-electron chi connectivity index (χ3n) is 3.29. The first-order chi connectivity index (χ1) is 12.3. The third-order valence-corrected chi connectivity index (χ3v) is 3.29. The molecule has 0 radical (unpaired) electrons. The van der Waals surface area contributed by atoms with Gasteiger partial charge in [-0.1, -0.05) is 0 Å². The van der Waals surface area contributed by atoms with Crippen LogP contribution in [-0.2, 0) is 9.59 Å². The molecule has 26 heavy (non-hydrogen) atoms. The summed E-state index contributed by atoms with van der Waals surface area (Å²) in [5, 5.41) is 20.8. The van der Waals surface area contributed by atoms with Gasteiger partial charge in [-0.2, -0.15) is 0 Å². The van der Waals surface area contributed by atoms with Crippen LogP contribution in [0, 0.1) is 0 Å². The Morgan fingerprint density at radius 1 is 1.04 bits per heavy atom. The quantitative estimate of drug-likeness (QED) is 0.682. The van der Waals surface area contributed by atoms with Gasteiger partial charge in [0.15, 0.2) is 0 Å². The molecule has 0 fully saturated rings. The minimum absolute atomic E-state index is 0.116. The summed E-state index contributed by atoms with van der Waals surface area (Å²) in [6.07, 6.45) is -0.617. The number of nitrogens with one attached hydrogen (secondary N) is 1. The smallest absolute Gasteiger partial charge is 0.312 e. The van der Waals surface area contributed by atoms with Crippen molar-refractivity contribution in [3.63, 3.8) is 0 Å². The number of carbonyl (C=O) groups is 3. The topological polar surface area (TPSA) is 116 Å². The van der Waals surface area contributed by atoms with Gasteiger partial charge in [-0.15, -0.1) is 0 Å². The lowest BCUT2D eigenvalue weighted by Crippen LogP contribution is -2.21. The van der Waals surface area contributed by atoms with Crippen LogP contribution in [0.2, 0.25) is 0 Å². The van der Waals surface area contributed by atoms with E-state index in [1.807, 2.05) is 0 Å². The van der Waals surface area contributed by atoms with Crippen LogP contribution in [0.1, 0.15) is 16.8 Å². The Kier molecular flexibility index (Phi) is 5.79. The number of phenolic OH excluding ortho intramolecular Hbond substituents is 1. The number of rotatable bonds is 6. The zero-order chi connectivity index (χ0) is 19.3. The van der Waals surface area contributed by atoms with Crippen LogP contribution in [0.25, 0.3) is 0 Å². The molecule has 2 rings (SSSR count). The highest BCUT2D eigenvalue weighted by Crippen LogP contribution is 2.28. The van der Waals surface area contributed by atoms with Crippen molar-refractivity contribution in [2.45, 2.75) is 6.42 Å². The molecule has 0 bridgehead atoms. The van der Waals surface area contributed by atoms with Crippen LogP contribution in [-0.4, -0.2) is 47.0 Å². The van der Waals surface area contributed by atoms with Crippen molar-refractivity contribution in [1.82, 2.24) is 4.90 Å². The van der Waals surface area contributed by atoms with Crippen molar-refractivity contribution in [3.8, 4) is 17.2 Å². The Morgan fingerprint density at radius 2 is 1.65 bits per heavy atom. The van der Waals surface area contributed by atoms with E-state index in [9.17, 15) is 19.5 Å². The summed E-state index contributed by atoms with van der Waals surface area (Å²) in [4.78, 5) is 35.2. The number of hydrogen-bond donors (Lipinski definition) is 3. The zero-order valence-corrected chi connectivity index (χ0v) is 14.2. The molecule has 2 aromatic carbocycles. The number of ether oxygens (including phenoxy) is 1. The Hall–Kier alpha value is -3.55. The normalized spacial score (nSPS) is 10.1. The van der Waals surface area contributed by atoms with E-state index in [0.717, 1.165) is 0 Å². The molecule has 0 heterocycles. The second kappa shape index (κ2) is 8.02. The molecule has 136 valence electrons. The molecule has 0 saturated heterocycles. The minimum atomic E-state index is -1.21. The minimum Gasteiger partial charge on any atom is -0.507 e. The zero-order valence-electron chi connectivity index (χ0n) is 14.2. The van der Waals surface area contributed by atoms with Gasteiger partial charge in [-0.3, -0.25) is 14.4 Å². The summed E-state index contributed by atoms with van der Waals surface area (Å²) in [5.74, 6) is -1.54. The van der Waals surface area contributed by atoms with Gasteiger partial charge in [0.25, 0.3) is 5.91 Å². The van der Waals surface area contributed by atoms with Gasteiger partial charge in [-0.25, -0.2) is 0 Å². The van der Waals surface area contributed by atoms with Gasteiger partial charge in [0.1, 0.15) is 23.7 Å². The van der Waals surface area contributed by atoms with Gasteiger partial charge in [-0.05, 0) is 42.5 Å². The standard InChI is InChI=1S/C18H18N2O6/c1-20(2)18(25)14-9-13(7-8-15(14)21)26-12-5-3-11(4-6-12)19-16(22)10-17(23)24/h3-9,21H,10H2,1-2H3,(H,19,22)(H,23,24). The van der Waals surface area contributed by atoms with Gasteiger partial charge in [0.05, 0.1) is 5.56 Å². The molecule has 2 aromatic rings. The van der Waals surface area contributed by atoms with Crippen LogP contribution in [0.3, 0.4) is 0 Å². The Morgan fingerprint density at radius 3 is 2.23 bits per heavy atom. The van der Waals surface area contributed by atoms with E-state index in [4.69, 9.17) is 9.84 Å². The van der Waals surface area contributed by atoms with Crippen molar-refractivity contribution in [3.05, 3.63) is 48.0 Å². The molecule has 0 aliphatic carbocycles. The summed E-state index contributed by atoms with van der Waals surface area (Å²) < 4.78 is 5.64. The molecule has 0 atom stereocenters. The number of carbonyl (C=O) groups excluding carboxylic acids is 2. The average Bonchev–Trinajstić information content (AvgIpc) is 2.57. The molecular formula is C18H18N2O6. The molecule has 0 saturated carbocycles. The third kappa shape index (κ3) is 4.97. The van der Waals surface area contributed by atoms with E-state index in [1.54, 1.807) is 38.4 Å². The van der Waals surface area contributed by atoms with Crippen LogP contribution >= 0.6 is 0 Å². The lowest BCUT2D eigenvalue weighted by Gasteiger charge is -2.13. The van der Waals surface area contributed by atoms with Gasteiger partial charge in [0, 0.05) is 19.8 Å². The maximum atomic E-state index is 12.0. The highest BCUT2D eigenvalue weighted by Gasteiger charge is 2.14. The number of anilines is 1. The van der Waals surface area contributed by atoms with Crippen LogP contribution in [0.15, 0.2) is 42.5 Å². The number of aliphatic carboxylic acids is 1. The van der Waals surface area contributed by atoms with Gasteiger partial charge >= 0.3 is 5.97 Å². The van der Waals surface area contributed by atoms with E-state index in [2.05, 4.69) is 5.32 Å². The fourth-order valence-electron chi connectivity index (χ4n) is 2.08. The summed E-state index contributed by atoms with van der Waals surface area (Å²) in [5.41, 5.74) is 0.544. The van der Waals surface area contributed by atoms with Gasteiger partial charge in [0.2, 0.25) is 5.91 Å². The first-order valence-corrected chi connectivity index (χ1v) is 7.60. The SMILES string of the molecule is CN(C)C(=O)c1cc(Oc2ccc(NC(=O)CC(=O)O)cc2)ccc1O. The predicted octanol–water partition coefficient (Wildman–Crippen LogP) is 2.30. The first kappa shape index (κ1) is 18.8. The van der Waals surface area contributed by atoms with Crippen LogP contribution < -0.4 is 10.1 Å². The summed E-state index contributed by atoms with van der Waals surface area (Å²) >= 11 is 0. The highest BCUT2D eigenvalue weighted by molar-refractivity contribution is 6.01. The van der Waals surface area contributed by atoms with Crippen molar-refractivity contribution < 1.29 is 29.3 Å². The largest absolute Gasteiger partial charge is 0.507 e. The molecule has 0 unspecified atom stereocenters. The highest BCUT2D eigenvalue weighted by atomic mass is 16.5.